The molecule has 3 rings (SSSR count). The van der Waals surface area contributed by atoms with E-state index in [1.54, 1.807) is 22.9 Å². The zero-order valence-corrected chi connectivity index (χ0v) is 11.6. The third-order valence-electron chi connectivity index (χ3n) is 3.05. The van der Waals surface area contributed by atoms with Crippen LogP contribution in [-0.4, -0.2) is 16.9 Å². The molecule has 0 saturated heterocycles. The number of aromatic nitrogens is 1. The van der Waals surface area contributed by atoms with Crippen LogP contribution in [0.2, 0.25) is 0 Å². The van der Waals surface area contributed by atoms with Gasteiger partial charge in [0.15, 0.2) is 0 Å². The Morgan fingerprint density at radius 2 is 1.84 bits per heavy atom. The molecule has 0 fully saturated rings. The van der Waals surface area contributed by atoms with Crippen LogP contribution < -0.4 is 4.90 Å². The fraction of sp³-hybridized carbons (Fsp3) is 0.200. The fourth-order valence-corrected chi connectivity index (χ4v) is 3.24. The van der Waals surface area contributed by atoms with Crippen molar-refractivity contribution < 1.29 is 4.79 Å². The van der Waals surface area contributed by atoms with E-state index in [2.05, 4.69) is 4.98 Å². The number of pyridine rings is 1. The van der Waals surface area contributed by atoms with Crippen molar-refractivity contribution in [1.82, 2.24) is 4.98 Å². The van der Waals surface area contributed by atoms with Gasteiger partial charge in [0, 0.05) is 17.1 Å². The highest BCUT2D eigenvalue weighted by atomic mass is 32.2. The number of hydrogen-bond donors (Lipinski definition) is 0. The van der Waals surface area contributed by atoms with E-state index in [0.717, 1.165) is 21.2 Å². The van der Waals surface area contributed by atoms with Crippen molar-refractivity contribution in [3.63, 3.8) is 0 Å². The average Bonchev–Trinajstić information content (AvgIpc) is 2.53. The first kappa shape index (κ1) is 12.2. The van der Waals surface area contributed by atoms with Crippen LogP contribution in [0.25, 0.3) is 0 Å². The molecule has 19 heavy (non-hydrogen) atoms. The highest BCUT2D eigenvalue weighted by Gasteiger charge is 2.29. The number of rotatable bonds is 1. The van der Waals surface area contributed by atoms with E-state index < -0.39 is 0 Å². The van der Waals surface area contributed by atoms with Gasteiger partial charge in [-0.1, -0.05) is 23.9 Å². The standard InChI is InChI=1S/C15H14N2OS/c1-10(2)17-14-13(8-5-9-16-14)19-12-7-4-3-6-11(12)15(17)18/h3-10H,1-2H3. The van der Waals surface area contributed by atoms with E-state index in [4.69, 9.17) is 0 Å². The summed E-state index contributed by atoms with van der Waals surface area (Å²) < 4.78 is 0. The van der Waals surface area contributed by atoms with Crippen molar-refractivity contribution in [2.45, 2.75) is 29.7 Å². The monoisotopic (exact) mass is 270 g/mol. The van der Waals surface area contributed by atoms with Gasteiger partial charge in [0.25, 0.3) is 5.91 Å². The molecule has 1 aromatic heterocycles. The summed E-state index contributed by atoms with van der Waals surface area (Å²) in [6.07, 6.45) is 1.73. The summed E-state index contributed by atoms with van der Waals surface area (Å²) in [7, 11) is 0. The SMILES string of the molecule is CC(C)N1C(=O)c2ccccc2Sc2cccnc21. The lowest BCUT2D eigenvalue weighted by Gasteiger charge is -2.25. The van der Waals surface area contributed by atoms with Gasteiger partial charge in [0.1, 0.15) is 5.82 Å². The van der Waals surface area contributed by atoms with Gasteiger partial charge < -0.3 is 0 Å². The second-order valence-corrected chi connectivity index (χ2v) is 5.78. The van der Waals surface area contributed by atoms with E-state index in [1.165, 1.54) is 0 Å². The van der Waals surface area contributed by atoms with Crippen molar-refractivity contribution in [1.29, 1.82) is 0 Å². The minimum atomic E-state index is 0.0237. The molecule has 0 atom stereocenters. The molecular formula is C15H14N2OS. The maximum absolute atomic E-state index is 12.7. The molecule has 1 aliphatic heterocycles. The zero-order valence-electron chi connectivity index (χ0n) is 10.8. The van der Waals surface area contributed by atoms with Crippen LogP contribution in [0.1, 0.15) is 24.2 Å². The Balaban J connectivity index is 2.24. The number of carbonyl (C=O) groups is 1. The van der Waals surface area contributed by atoms with Gasteiger partial charge in [-0.25, -0.2) is 4.98 Å². The number of benzene rings is 1. The van der Waals surface area contributed by atoms with Gasteiger partial charge in [-0.15, -0.1) is 0 Å². The number of hydrogen-bond acceptors (Lipinski definition) is 3. The van der Waals surface area contributed by atoms with Crippen LogP contribution in [0.5, 0.6) is 0 Å². The molecule has 0 N–H and O–H groups in total. The molecule has 0 saturated carbocycles. The molecule has 0 aliphatic carbocycles. The Labute approximate surface area is 116 Å². The van der Waals surface area contributed by atoms with Gasteiger partial charge in [-0.05, 0) is 38.1 Å². The topological polar surface area (TPSA) is 33.2 Å². The molecule has 4 heteroatoms. The smallest absolute Gasteiger partial charge is 0.260 e. The zero-order chi connectivity index (χ0) is 13.4. The molecule has 1 amide bonds. The van der Waals surface area contributed by atoms with Crippen molar-refractivity contribution in [3.8, 4) is 0 Å². The molecular weight excluding hydrogens is 256 g/mol. The lowest BCUT2D eigenvalue weighted by molar-refractivity contribution is 0.0976. The fourth-order valence-electron chi connectivity index (χ4n) is 2.20. The summed E-state index contributed by atoms with van der Waals surface area (Å²) in [5.41, 5.74) is 0.749. The number of fused-ring (bicyclic) bond motifs is 2. The largest absolute Gasteiger partial charge is 0.289 e. The first-order valence-electron chi connectivity index (χ1n) is 6.24. The minimum absolute atomic E-state index is 0.0237. The van der Waals surface area contributed by atoms with Crippen LogP contribution >= 0.6 is 11.8 Å². The second kappa shape index (κ2) is 4.70. The summed E-state index contributed by atoms with van der Waals surface area (Å²) >= 11 is 1.60. The average molecular weight is 270 g/mol. The number of nitrogens with zero attached hydrogens (tertiary/aromatic N) is 2. The Bertz CT molecular complexity index is 640. The van der Waals surface area contributed by atoms with E-state index in [0.29, 0.717) is 0 Å². The first-order chi connectivity index (χ1) is 9.18. The predicted octanol–water partition coefficient (Wildman–Crippen LogP) is 3.60. The van der Waals surface area contributed by atoms with E-state index >= 15 is 0 Å². The van der Waals surface area contributed by atoms with Crippen LogP contribution in [-0.2, 0) is 0 Å². The molecule has 2 aromatic rings. The summed E-state index contributed by atoms with van der Waals surface area (Å²) in [5.74, 6) is 0.777. The van der Waals surface area contributed by atoms with Crippen LogP contribution in [0.15, 0.2) is 52.4 Å². The van der Waals surface area contributed by atoms with Gasteiger partial charge in [-0.2, -0.15) is 0 Å². The van der Waals surface area contributed by atoms with Crippen molar-refractivity contribution in [2.75, 3.05) is 4.90 Å². The molecule has 2 heterocycles. The molecule has 96 valence electrons. The first-order valence-corrected chi connectivity index (χ1v) is 7.05. The molecule has 1 aliphatic rings. The number of anilines is 1. The Morgan fingerprint density at radius 3 is 2.63 bits per heavy atom. The van der Waals surface area contributed by atoms with Gasteiger partial charge in [0.2, 0.25) is 0 Å². The van der Waals surface area contributed by atoms with Gasteiger partial charge in [0.05, 0.1) is 10.5 Å². The second-order valence-electron chi connectivity index (χ2n) is 4.69. The maximum atomic E-state index is 12.7. The predicted molar refractivity (Wildman–Crippen MR) is 76.7 cm³/mol. The molecule has 0 spiro atoms. The van der Waals surface area contributed by atoms with Crippen LogP contribution in [0.3, 0.4) is 0 Å². The third-order valence-corrected chi connectivity index (χ3v) is 4.17. The Morgan fingerprint density at radius 1 is 1.11 bits per heavy atom. The molecule has 0 bridgehead atoms. The maximum Gasteiger partial charge on any atom is 0.260 e. The summed E-state index contributed by atoms with van der Waals surface area (Å²) in [5, 5.41) is 0. The van der Waals surface area contributed by atoms with Gasteiger partial charge >= 0.3 is 0 Å². The van der Waals surface area contributed by atoms with Gasteiger partial charge in [-0.3, -0.25) is 9.69 Å². The third kappa shape index (κ3) is 2.02. The van der Waals surface area contributed by atoms with Crippen LogP contribution in [0, 0.1) is 0 Å². The lowest BCUT2D eigenvalue weighted by Crippen LogP contribution is -2.37. The molecule has 1 aromatic carbocycles. The summed E-state index contributed by atoms with van der Waals surface area (Å²) in [6, 6.07) is 11.7. The quantitative estimate of drug-likeness (QED) is 0.793. The van der Waals surface area contributed by atoms with E-state index in [-0.39, 0.29) is 11.9 Å². The van der Waals surface area contributed by atoms with Crippen molar-refractivity contribution in [2.24, 2.45) is 0 Å². The number of amides is 1. The normalized spacial score (nSPS) is 14.1. The highest BCUT2D eigenvalue weighted by molar-refractivity contribution is 7.99. The molecule has 0 unspecified atom stereocenters. The molecule has 0 radical (unpaired) electrons. The van der Waals surface area contributed by atoms with E-state index in [1.807, 2.05) is 50.2 Å². The lowest BCUT2D eigenvalue weighted by atomic mass is 10.1. The van der Waals surface area contributed by atoms with Crippen molar-refractivity contribution >= 4 is 23.5 Å². The van der Waals surface area contributed by atoms with E-state index in [9.17, 15) is 4.79 Å². The number of carbonyl (C=O) groups excluding carboxylic acids is 1. The van der Waals surface area contributed by atoms with Crippen molar-refractivity contribution in [3.05, 3.63) is 48.2 Å². The summed E-state index contributed by atoms with van der Waals surface area (Å²) in [6.45, 7) is 4.02. The molecule has 3 nitrogen and oxygen atoms in total. The summed E-state index contributed by atoms with van der Waals surface area (Å²) in [4.78, 5) is 20.9. The van der Waals surface area contributed by atoms with Crippen LogP contribution in [0.4, 0.5) is 5.82 Å². The minimum Gasteiger partial charge on any atom is -0.289 e. The Hall–Kier alpha value is -1.81. The Kier molecular flexibility index (Phi) is 3.03. The highest BCUT2D eigenvalue weighted by Crippen LogP contribution is 2.40.